The molecule has 1 amide bonds. The number of para-hydroxylation sites is 1. The van der Waals surface area contributed by atoms with Gasteiger partial charge in [-0.15, -0.1) is 0 Å². The van der Waals surface area contributed by atoms with Crippen LogP contribution in [0, 0.1) is 5.92 Å². The molecule has 1 unspecified atom stereocenters. The maximum Gasteiger partial charge on any atom is 0.342 e. The molecular formula is C19H24N2O4. The number of carbonyl (C=O) groups excluding carboxylic acids is 2. The van der Waals surface area contributed by atoms with E-state index in [1.807, 2.05) is 38.1 Å². The first-order valence-corrected chi connectivity index (χ1v) is 8.72. The van der Waals surface area contributed by atoms with Crippen molar-refractivity contribution in [2.45, 2.75) is 33.4 Å². The maximum absolute atomic E-state index is 12.5. The molecule has 1 atom stereocenters. The minimum absolute atomic E-state index is 0.0232. The Morgan fingerprint density at radius 2 is 2.16 bits per heavy atom. The molecular weight excluding hydrogens is 320 g/mol. The quantitative estimate of drug-likeness (QED) is 0.844. The maximum atomic E-state index is 12.5. The first-order valence-electron chi connectivity index (χ1n) is 8.72. The van der Waals surface area contributed by atoms with Crippen LogP contribution in [0.5, 0.6) is 0 Å². The second-order valence-electron chi connectivity index (χ2n) is 6.57. The summed E-state index contributed by atoms with van der Waals surface area (Å²) in [6, 6.07) is 7.20. The van der Waals surface area contributed by atoms with Crippen LogP contribution in [0.4, 0.5) is 0 Å². The number of hydrogen-bond donors (Lipinski definition) is 1. The Balaban J connectivity index is 1.98. The fourth-order valence-corrected chi connectivity index (χ4v) is 3.45. The molecule has 2 aromatic rings. The molecule has 2 heterocycles. The van der Waals surface area contributed by atoms with Crippen LogP contribution in [0.3, 0.4) is 0 Å². The molecule has 1 N–H and O–H groups in total. The van der Waals surface area contributed by atoms with E-state index in [0.29, 0.717) is 43.1 Å². The molecule has 3 rings (SSSR count). The largest absolute Gasteiger partial charge is 0.462 e. The summed E-state index contributed by atoms with van der Waals surface area (Å²) in [6.07, 6.45) is 0. The minimum atomic E-state index is -0.384. The van der Waals surface area contributed by atoms with Crippen LogP contribution in [0.1, 0.15) is 36.9 Å². The van der Waals surface area contributed by atoms with Gasteiger partial charge in [0.2, 0.25) is 5.91 Å². The molecule has 1 aromatic carbocycles. The van der Waals surface area contributed by atoms with Crippen LogP contribution in [0.15, 0.2) is 28.7 Å². The summed E-state index contributed by atoms with van der Waals surface area (Å²) in [5, 5.41) is 3.66. The fraction of sp³-hybridized carbons (Fsp3) is 0.474. The van der Waals surface area contributed by atoms with E-state index in [4.69, 9.17) is 9.15 Å². The first-order chi connectivity index (χ1) is 12.0. The predicted molar refractivity (Wildman–Crippen MR) is 94.2 cm³/mol. The van der Waals surface area contributed by atoms with Crippen LogP contribution in [-0.2, 0) is 16.1 Å². The fourth-order valence-electron chi connectivity index (χ4n) is 3.45. The second kappa shape index (κ2) is 7.27. The highest BCUT2D eigenvalue weighted by Crippen LogP contribution is 2.29. The molecule has 6 heteroatoms. The van der Waals surface area contributed by atoms with Gasteiger partial charge in [-0.1, -0.05) is 32.0 Å². The van der Waals surface area contributed by atoms with Gasteiger partial charge in [0.15, 0.2) is 0 Å². The minimum Gasteiger partial charge on any atom is -0.462 e. The zero-order valence-corrected chi connectivity index (χ0v) is 14.9. The summed E-state index contributed by atoms with van der Waals surface area (Å²) in [4.78, 5) is 26.8. The van der Waals surface area contributed by atoms with Gasteiger partial charge in [0.25, 0.3) is 0 Å². The molecule has 6 nitrogen and oxygen atoms in total. The molecule has 0 saturated carbocycles. The molecule has 134 valence electrons. The monoisotopic (exact) mass is 344 g/mol. The van der Waals surface area contributed by atoms with Gasteiger partial charge in [0, 0.05) is 18.5 Å². The van der Waals surface area contributed by atoms with Crippen LogP contribution < -0.4 is 5.32 Å². The van der Waals surface area contributed by atoms with E-state index in [9.17, 15) is 9.59 Å². The number of nitrogens with one attached hydrogen (secondary N) is 1. The zero-order chi connectivity index (χ0) is 18.0. The molecule has 1 saturated heterocycles. The van der Waals surface area contributed by atoms with Crippen molar-refractivity contribution in [3.8, 4) is 0 Å². The Labute approximate surface area is 147 Å². The van der Waals surface area contributed by atoms with Crippen molar-refractivity contribution in [1.29, 1.82) is 0 Å². The Kier molecular flexibility index (Phi) is 5.08. The van der Waals surface area contributed by atoms with Gasteiger partial charge in [0.05, 0.1) is 19.2 Å². The van der Waals surface area contributed by atoms with Crippen molar-refractivity contribution in [2.24, 2.45) is 5.92 Å². The summed E-state index contributed by atoms with van der Waals surface area (Å²) in [5.41, 5.74) is 1.12. The average molecular weight is 344 g/mol. The van der Waals surface area contributed by atoms with Crippen molar-refractivity contribution < 1.29 is 18.7 Å². The van der Waals surface area contributed by atoms with Gasteiger partial charge in [-0.25, -0.2) is 4.79 Å². The highest BCUT2D eigenvalue weighted by molar-refractivity contribution is 6.04. The van der Waals surface area contributed by atoms with E-state index in [-0.39, 0.29) is 23.8 Å². The lowest BCUT2D eigenvalue weighted by atomic mass is 9.99. The third-order valence-electron chi connectivity index (χ3n) is 4.49. The highest BCUT2D eigenvalue weighted by atomic mass is 16.5. The van der Waals surface area contributed by atoms with Crippen molar-refractivity contribution in [3.05, 3.63) is 35.6 Å². The third kappa shape index (κ3) is 3.39. The summed E-state index contributed by atoms with van der Waals surface area (Å²) >= 11 is 0. The average Bonchev–Trinajstić information content (AvgIpc) is 2.92. The Morgan fingerprint density at radius 1 is 1.40 bits per heavy atom. The van der Waals surface area contributed by atoms with E-state index in [2.05, 4.69) is 10.2 Å². The smallest absolute Gasteiger partial charge is 0.342 e. The SMILES string of the molecule is CCOC(=O)c1c(CN2CCNC(=O)C2C(C)C)oc2ccccc12. The Hall–Kier alpha value is -2.34. The van der Waals surface area contributed by atoms with Crippen LogP contribution >= 0.6 is 0 Å². The Bertz CT molecular complexity index is 781. The summed E-state index contributed by atoms with van der Waals surface area (Å²) < 4.78 is 11.2. The van der Waals surface area contributed by atoms with Gasteiger partial charge in [-0.3, -0.25) is 9.69 Å². The first kappa shape index (κ1) is 17.5. The van der Waals surface area contributed by atoms with Crippen LogP contribution in [-0.4, -0.2) is 42.5 Å². The number of amides is 1. The number of rotatable bonds is 5. The number of esters is 1. The second-order valence-corrected chi connectivity index (χ2v) is 6.57. The predicted octanol–water partition coefficient (Wildman–Crippen LogP) is 2.57. The van der Waals surface area contributed by atoms with Crippen molar-refractivity contribution >= 4 is 22.8 Å². The molecule has 1 aliphatic heterocycles. The van der Waals surface area contributed by atoms with Crippen molar-refractivity contribution in [1.82, 2.24) is 10.2 Å². The number of nitrogens with zero attached hydrogens (tertiary/aromatic N) is 1. The number of piperazine rings is 1. The lowest BCUT2D eigenvalue weighted by Gasteiger charge is -2.36. The molecule has 1 aromatic heterocycles. The van der Waals surface area contributed by atoms with E-state index in [1.165, 1.54) is 0 Å². The van der Waals surface area contributed by atoms with E-state index in [0.717, 1.165) is 5.39 Å². The summed E-state index contributed by atoms with van der Waals surface area (Å²) in [6.45, 7) is 7.84. The molecule has 0 spiro atoms. The normalized spacial score (nSPS) is 18.6. The number of fused-ring (bicyclic) bond motifs is 1. The topological polar surface area (TPSA) is 71.8 Å². The van der Waals surface area contributed by atoms with Gasteiger partial charge in [0.1, 0.15) is 16.9 Å². The van der Waals surface area contributed by atoms with Gasteiger partial charge in [-0.05, 0) is 18.9 Å². The molecule has 0 bridgehead atoms. The van der Waals surface area contributed by atoms with E-state index < -0.39 is 0 Å². The number of ether oxygens (including phenoxy) is 1. The van der Waals surface area contributed by atoms with Crippen LogP contribution in [0.25, 0.3) is 11.0 Å². The Morgan fingerprint density at radius 3 is 2.88 bits per heavy atom. The number of carbonyl (C=O) groups is 2. The molecule has 0 aliphatic carbocycles. The lowest BCUT2D eigenvalue weighted by Crippen LogP contribution is -2.56. The lowest BCUT2D eigenvalue weighted by molar-refractivity contribution is -0.131. The summed E-state index contributed by atoms with van der Waals surface area (Å²) in [5.74, 6) is 0.357. The van der Waals surface area contributed by atoms with Gasteiger partial charge >= 0.3 is 5.97 Å². The zero-order valence-electron chi connectivity index (χ0n) is 14.9. The summed E-state index contributed by atoms with van der Waals surface area (Å²) in [7, 11) is 0. The van der Waals surface area contributed by atoms with Crippen molar-refractivity contribution in [3.63, 3.8) is 0 Å². The third-order valence-corrected chi connectivity index (χ3v) is 4.49. The molecule has 1 aliphatic rings. The van der Waals surface area contributed by atoms with Crippen LogP contribution in [0.2, 0.25) is 0 Å². The standard InChI is InChI=1S/C19H24N2O4/c1-4-24-19(23)16-13-7-5-6-8-14(13)25-15(16)11-21-10-9-20-18(22)17(21)12(2)3/h5-8,12,17H,4,9-11H2,1-3H3,(H,20,22). The van der Waals surface area contributed by atoms with E-state index in [1.54, 1.807) is 6.92 Å². The van der Waals surface area contributed by atoms with E-state index >= 15 is 0 Å². The molecule has 1 fully saturated rings. The molecule has 0 radical (unpaired) electrons. The number of furan rings is 1. The highest BCUT2D eigenvalue weighted by Gasteiger charge is 2.34. The number of hydrogen-bond acceptors (Lipinski definition) is 5. The molecule has 25 heavy (non-hydrogen) atoms. The number of benzene rings is 1. The van der Waals surface area contributed by atoms with Gasteiger partial charge in [-0.2, -0.15) is 0 Å². The van der Waals surface area contributed by atoms with Crippen molar-refractivity contribution in [2.75, 3.05) is 19.7 Å². The van der Waals surface area contributed by atoms with Gasteiger partial charge < -0.3 is 14.5 Å².